The van der Waals surface area contributed by atoms with Crippen LogP contribution in [-0.4, -0.2) is 11.7 Å². The summed E-state index contributed by atoms with van der Waals surface area (Å²) in [5.74, 6) is -0.316. The minimum absolute atomic E-state index is 0.316. The van der Waals surface area contributed by atoms with E-state index in [1.54, 1.807) is 19.1 Å². The molecule has 2 rings (SSSR count). The minimum atomic E-state index is -0.657. The SMILES string of the molecule is CCN(c1ccccc1)c1ccc(C(C)O)cc1F. The molecule has 0 aliphatic rings. The minimum Gasteiger partial charge on any atom is -0.389 e. The number of halogens is 1. The average Bonchev–Trinajstić information content (AvgIpc) is 2.42. The van der Waals surface area contributed by atoms with Gasteiger partial charge in [0, 0.05) is 12.2 Å². The molecule has 3 heteroatoms. The van der Waals surface area contributed by atoms with Crippen molar-refractivity contribution in [2.24, 2.45) is 0 Å². The summed E-state index contributed by atoms with van der Waals surface area (Å²) in [6.45, 7) is 4.28. The lowest BCUT2D eigenvalue weighted by Crippen LogP contribution is -2.17. The number of aliphatic hydroxyl groups excluding tert-OH is 1. The van der Waals surface area contributed by atoms with E-state index in [0.717, 1.165) is 5.69 Å². The van der Waals surface area contributed by atoms with E-state index in [1.807, 2.05) is 42.2 Å². The summed E-state index contributed by atoms with van der Waals surface area (Å²) in [5.41, 5.74) is 2.07. The molecule has 0 aromatic heterocycles. The first-order valence-electron chi connectivity index (χ1n) is 6.43. The Hall–Kier alpha value is -1.87. The zero-order valence-corrected chi connectivity index (χ0v) is 11.2. The Bertz CT molecular complexity index is 540. The first kappa shape index (κ1) is 13.6. The van der Waals surface area contributed by atoms with E-state index in [2.05, 4.69) is 0 Å². The highest BCUT2D eigenvalue weighted by molar-refractivity contribution is 5.63. The normalized spacial score (nSPS) is 12.2. The average molecular weight is 259 g/mol. The van der Waals surface area contributed by atoms with Crippen molar-refractivity contribution in [1.29, 1.82) is 0 Å². The van der Waals surface area contributed by atoms with Gasteiger partial charge >= 0.3 is 0 Å². The number of hydrogen-bond acceptors (Lipinski definition) is 2. The number of hydrogen-bond donors (Lipinski definition) is 1. The van der Waals surface area contributed by atoms with E-state index >= 15 is 0 Å². The van der Waals surface area contributed by atoms with E-state index in [4.69, 9.17) is 0 Å². The Morgan fingerprint density at radius 2 is 1.84 bits per heavy atom. The highest BCUT2D eigenvalue weighted by atomic mass is 19.1. The van der Waals surface area contributed by atoms with Crippen LogP contribution in [0.2, 0.25) is 0 Å². The molecule has 2 aromatic rings. The van der Waals surface area contributed by atoms with Crippen LogP contribution in [0.3, 0.4) is 0 Å². The van der Waals surface area contributed by atoms with Gasteiger partial charge in [-0.1, -0.05) is 24.3 Å². The predicted molar refractivity (Wildman–Crippen MR) is 76.2 cm³/mol. The van der Waals surface area contributed by atoms with Gasteiger partial charge in [-0.2, -0.15) is 0 Å². The monoisotopic (exact) mass is 259 g/mol. The third-order valence-electron chi connectivity index (χ3n) is 3.13. The fourth-order valence-corrected chi connectivity index (χ4v) is 2.10. The molecule has 0 heterocycles. The molecule has 0 radical (unpaired) electrons. The van der Waals surface area contributed by atoms with Gasteiger partial charge in [-0.25, -0.2) is 4.39 Å². The molecule has 0 fully saturated rings. The summed E-state index contributed by atoms with van der Waals surface area (Å²) in [6.07, 6.45) is -0.657. The molecule has 0 bridgehead atoms. The molecule has 1 unspecified atom stereocenters. The van der Waals surface area contributed by atoms with Gasteiger partial charge in [0.15, 0.2) is 0 Å². The molecule has 0 aliphatic carbocycles. The van der Waals surface area contributed by atoms with Crippen molar-refractivity contribution in [3.63, 3.8) is 0 Å². The number of benzene rings is 2. The maximum atomic E-state index is 14.2. The van der Waals surface area contributed by atoms with Crippen LogP contribution >= 0.6 is 0 Å². The van der Waals surface area contributed by atoms with E-state index in [1.165, 1.54) is 6.07 Å². The van der Waals surface area contributed by atoms with Crippen LogP contribution in [0.25, 0.3) is 0 Å². The summed E-state index contributed by atoms with van der Waals surface area (Å²) in [4.78, 5) is 1.90. The molecule has 2 aromatic carbocycles. The lowest BCUT2D eigenvalue weighted by atomic mass is 10.1. The summed E-state index contributed by atoms with van der Waals surface area (Å²) >= 11 is 0. The van der Waals surface area contributed by atoms with Gasteiger partial charge in [0.25, 0.3) is 0 Å². The molecule has 100 valence electrons. The van der Waals surface area contributed by atoms with Gasteiger partial charge in [-0.05, 0) is 43.7 Å². The van der Waals surface area contributed by atoms with Crippen LogP contribution in [-0.2, 0) is 0 Å². The molecule has 0 saturated heterocycles. The molecule has 0 amide bonds. The smallest absolute Gasteiger partial charge is 0.147 e. The Morgan fingerprint density at radius 1 is 1.16 bits per heavy atom. The molecule has 0 saturated carbocycles. The van der Waals surface area contributed by atoms with Crippen molar-refractivity contribution in [3.05, 3.63) is 59.9 Å². The molecule has 1 N–H and O–H groups in total. The number of rotatable bonds is 4. The molecule has 19 heavy (non-hydrogen) atoms. The van der Waals surface area contributed by atoms with Gasteiger partial charge < -0.3 is 10.0 Å². The zero-order valence-electron chi connectivity index (χ0n) is 11.2. The Morgan fingerprint density at radius 3 is 2.37 bits per heavy atom. The second kappa shape index (κ2) is 5.85. The molecule has 0 aliphatic heterocycles. The molecular formula is C16H18FNO. The van der Waals surface area contributed by atoms with Crippen molar-refractivity contribution in [1.82, 2.24) is 0 Å². The zero-order chi connectivity index (χ0) is 13.8. The third kappa shape index (κ3) is 2.93. The van der Waals surface area contributed by atoms with Crippen LogP contribution in [0.4, 0.5) is 15.8 Å². The Balaban J connectivity index is 2.39. The molecule has 1 atom stereocenters. The van der Waals surface area contributed by atoms with Gasteiger partial charge in [-0.3, -0.25) is 0 Å². The van der Waals surface area contributed by atoms with Gasteiger partial charge in [-0.15, -0.1) is 0 Å². The van der Waals surface area contributed by atoms with E-state index in [-0.39, 0.29) is 5.82 Å². The fourth-order valence-electron chi connectivity index (χ4n) is 2.10. The summed E-state index contributed by atoms with van der Waals surface area (Å²) in [6, 6.07) is 14.6. The van der Waals surface area contributed by atoms with Crippen molar-refractivity contribution in [2.75, 3.05) is 11.4 Å². The van der Waals surface area contributed by atoms with Crippen LogP contribution < -0.4 is 4.90 Å². The topological polar surface area (TPSA) is 23.5 Å². The van der Waals surface area contributed by atoms with E-state index < -0.39 is 6.10 Å². The van der Waals surface area contributed by atoms with Crippen LogP contribution in [0.5, 0.6) is 0 Å². The number of aliphatic hydroxyl groups is 1. The summed E-state index contributed by atoms with van der Waals surface area (Å²) in [5, 5.41) is 9.47. The van der Waals surface area contributed by atoms with Crippen molar-refractivity contribution in [2.45, 2.75) is 20.0 Å². The van der Waals surface area contributed by atoms with E-state index in [0.29, 0.717) is 17.8 Å². The maximum Gasteiger partial charge on any atom is 0.147 e. The first-order valence-corrected chi connectivity index (χ1v) is 6.43. The highest BCUT2D eigenvalue weighted by Crippen LogP contribution is 2.29. The van der Waals surface area contributed by atoms with Crippen LogP contribution in [0.15, 0.2) is 48.5 Å². The van der Waals surface area contributed by atoms with Crippen LogP contribution in [0.1, 0.15) is 25.5 Å². The van der Waals surface area contributed by atoms with Crippen molar-refractivity contribution >= 4 is 11.4 Å². The maximum absolute atomic E-state index is 14.2. The fraction of sp³-hybridized carbons (Fsp3) is 0.250. The van der Waals surface area contributed by atoms with Gasteiger partial charge in [0.1, 0.15) is 5.82 Å². The summed E-state index contributed by atoms with van der Waals surface area (Å²) < 4.78 is 14.2. The Kier molecular flexibility index (Phi) is 4.17. The van der Waals surface area contributed by atoms with Crippen molar-refractivity contribution in [3.8, 4) is 0 Å². The lowest BCUT2D eigenvalue weighted by Gasteiger charge is -2.24. The van der Waals surface area contributed by atoms with E-state index in [9.17, 15) is 9.50 Å². The molecule has 2 nitrogen and oxygen atoms in total. The highest BCUT2D eigenvalue weighted by Gasteiger charge is 2.13. The number of para-hydroxylation sites is 1. The van der Waals surface area contributed by atoms with Crippen LogP contribution in [0, 0.1) is 5.82 Å². The number of anilines is 2. The number of nitrogens with zero attached hydrogens (tertiary/aromatic N) is 1. The molecule has 0 spiro atoms. The lowest BCUT2D eigenvalue weighted by molar-refractivity contribution is 0.199. The van der Waals surface area contributed by atoms with Gasteiger partial charge in [0.05, 0.1) is 11.8 Å². The predicted octanol–water partition coefficient (Wildman–Crippen LogP) is 4.04. The standard InChI is InChI=1S/C16H18FNO/c1-3-18(14-7-5-4-6-8-14)16-10-9-13(12(2)19)11-15(16)17/h4-12,19H,3H2,1-2H3. The first-order chi connectivity index (χ1) is 9.13. The van der Waals surface area contributed by atoms with Crippen molar-refractivity contribution < 1.29 is 9.50 Å². The third-order valence-corrected chi connectivity index (χ3v) is 3.13. The quantitative estimate of drug-likeness (QED) is 0.895. The second-order valence-corrected chi connectivity index (χ2v) is 4.47. The Labute approximate surface area is 113 Å². The largest absolute Gasteiger partial charge is 0.389 e. The summed E-state index contributed by atoms with van der Waals surface area (Å²) in [7, 11) is 0. The second-order valence-electron chi connectivity index (χ2n) is 4.47. The van der Waals surface area contributed by atoms with Gasteiger partial charge in [0.2, 0.25) is 0 Å². The molecular weight excluding hydrogens is 241 g/mol.